The highest BCUT2D eigenvalue weighted by molar-refractivity contribution is 5.41. The molecule has 19 heavy (non-hydrogen) atoms. The fraction of sp³-hybridized carbons (Fsp3) is 0.417. The van der Waals surface area contributed by atoms with E-state index in [1.54, 1.807) is 29.2 Å². The van der Waals surface area contributed by atoms with E-state index in [1.165, 1.54) is 4.68 Å². The minimum absolute atomic E-state index is 0.113. The number of rotatable bonds is 5. The minimum atomic E-state index is -0.113. The lowest BCUT2D eigenvalue weighted by atomic mass is 10.4. The Morgan fingerprint density at radius 1 is 1.42 bits per heavy atom. The molecule has 0 spiro atoms. The molecule has 0 saturated carbocycles. The van der Waals surface area contributed by atoms with E-state index < -0.39 is 0 Å². The van der Waals surface area contributed by atoms with Gasteiger partial charge in [0.2, 0.25) is 0 Å². The topological polar surface area (TPSA) is 82.0 Å². The molecule has 0 radical (unpaired) electrons. The van der Waals surface area contributed by atoms with Gasteiger partial charge in [0, 0.05) is 25.9 Å². The molecule has 0 saturated heterocycles. The maximum atomic E-state index is 11.9. The van der Waals surface area contributed by atoms with Gasteiger partial charge >= 0.3 is 0 Å². The van der Waals surface area contributed by atoms with Crippen LogP contribution in [0.4, 0.5) is 11.5 Å². The first kappa shape index (κ1) is 13.1. The summed E-state index contributed by atoms with van der Waals surface area (Å²) in [5.74, 6) is 0.472. The van der Waals surface area contributed by atoms with Gasteiger partial charge in [-0.1, -0.05) is 0 Å². The van der Waals surface area contributed by atoms with Gasteiger partial charge in [0.05, 0.1) is 25.0 Å². The van der Waals surface area contributed by atoms with E-state index in [4.69, 9.17) is 5.73 Å². The SMILES string of the molecule is CCN(C)c1cnn(CCn2ccc(N)n2)c(=O)c1. The molecule has 2 heterocycles. The van der Waals surface area contributed by atoms with E-state index in [0.29, 0.717) is 18.9 Å². The molecule has 0 bridgehead atoms. The van der Waals surface area contributed by atoms with Crippen LogP contribution >= 0.6 is 0 Å². The Bertz CT molecular complexity index is 602. The lowest BCUT2D eigenvalue weighted by Crippen LogP contribution is -2.27. The van der Waals surface area contributed by atoms with E-state index in [2.05, 4.69) is 10.2 Å². The largest absolute Gasteiger partial charge is 0.382 e. The predicted octanol–water partition coefficient (Wildman–Crippen LogP) is 0.178. The third-order valence-corrected chi connectivity index (χ3v) is 2.97. The van der Waals surface area contributed by atoms with Crippen molar-refractivity contribution in [3.05, 3.63) is 34.9 Å². The average molecular weight is 262 g/mol. The van der Waals surface area contributed by atoms with Crippen molar-refractivity contribution in [1.29, 1.82) is 0 Å². The molecule has 0 aliphatic rings. The second-order valence-corrected chi connectivity index (χ2v) is 4.29. The summed E-state index contributed by atoms with van der Waals surface area (Å²) in [6.45, 7) is 3.88. The number of nitrogen functional groups attached to an aromatic ring is 1. The van der Waals surface area contributed by atoms with Crippen molar-refractivity contribution < 1.29 is 0 Å². The number of nitrogens with zero attached hydrogens (tertiary/aromatic N) is 5. The van der Waals surface area contributed by atoms with E-state index in [0.717, 1.165) is 12.2 Å². The van der Waals surface area contributed by atoms with Gasteiger partial charge in [0.25, 0.3) is 5.56 Å². The summed E-state index contributed by atoms with van der Waals surface area (Å²) in [5, 5.41) is 8.22. The molecule has 0 aliphatic heterocycles. The first-order valence-electron chi connectivity index (χ1n) is 6.17. The third-order valence-electron chi connectivity index (χ3n) is 2.97. The molecule has 2 N–H and O–H groups in total. The van der Waals surface area contributed by atoms with Crippen LogP contribution in [0.1, 0.15) is 6.92 Å². The highest BCUT2D eigenvalue weighted by Crippen LogP contribution is 2.05. The summed E-state index contributed by atoms with van der Waals surface area (Å²) in [5.41, 5.74) is 6.24. The van der Waals surface area contributed by atoms with Crippen molar-refractivity contribution in [1.82, 2.24) is 19.6 Å². The summed E-state index contributed by atoms with van der Waals surface area (Å²) in [6.07, 6.45) is 3.47. The molecule has 0 aromatic carbocycles. The van der Waals surface area contributed by atoms with Crippen LogP contribution in [0.2, 0.25) is 0 Å². The number of aromatic nitrogens is 4. The van der Waals surface area contributed by atoms with Crippen LogP contribution in [-0.4, -0.2) is 33.2 Å². The minimum Gasteiger partial charge on any atom is -0.382 e. The Kier molecular flexibility index (Phi) is 3.84. The Balaban J connectivity index is 2.07. The Morgan fingerprint density at radius 2 is 2.21 bits per heavy atom. The molecule has 0 amide bonds. The van der Waals surface area contributed by atoms with Crippen LogP contribution < -0.4 is 16.2 Å². The van der Waals surface area contributed by atoms with E-state index in [-0.39, 0.29) is 5.56 Å². The third kappa shape index (κ3) is 3.12. The molecule has 102 valence electrons. The van der Waals surface area contributed by atoms with E-state index >= 15 is 0 Å². The van der Waals surface area contributed by atoms with Gasteiger partial charge in [0.15, 0.2) is 0 Å². The van der Waals surface area contributed by atoms with Crippen LogP contribution in [0.3, 0.4) is 0 Å². The molecule has 7 heteroatoms. The second kappa shape index (κ2) is 5.55. The summed E-state index contributed by atoms with van der Waals surface area (Å²) in [7, 11) is 1.92. The smallest absolute Gasteiger partial charge is 0.268 e. The fourth-order valence-corrected chi connectivity index (χ4v) is 1.68. The first-order chi connectivity index (χ1) is 9.10. The number of hydrogen-bond donors (Lipinski definition) is 1. The van der Waals surface area contributed by atoms with Gasteiger partial charge in [0.1, 0.15) is 5.82 Å². The molecule has 2 aromatic rings. The molecule has 0 fully saturated rings. The normalized spacial score (nSPS) is 10.6. The number of aryl methyl sites for hydroxylation is 2. The first-order valence-corrected chi connectivity index (χ1v) is 6.17. The lowest BCUT2D eigenvalue weighted by molar-refractivity contribution is 0.483. The van der Waals surface area contributed by atoms with Crippen molar-refractivity contribution in [3.8, 4) is 0 Å². The van der Waals surface area contributed by atoms with Crippen molar-refractivity contribution in [2.24, 2.45) is 0 Å². The second-order valence-electron chi connectivity index (χ2n) is 4.29. The van der Waals surface area contributed by atoms with Crippen LogP contribution in [0.25, 0.3) is 0 Å². The van der Waals surface area contributed by atoms with Gasteiger partial charge in [-0.15, -0.1) is 0 Å². The lowest BCUT2D eigenvalue weighted by Gasteiger charge is -2.16. The fourth-order valence-electron chi connectivity index (χ4n) is 1.68. The molecular formula is C12H18N6O. The average Bonchev–Trinajstić information content (AvgIpc) is 2.82. The Labute approximate surface area is 111 Å². The van der Waals surface area contributed by atoms with Gasteiger partial charge in [-0.3, -0.25) is 9.48 Å². The summed E-state index contributed by atoms with van der Waals surface area (Å²) >= 11 is 0. The van der Waals surface area contributed by atoms with Gasteiger partial charge in [-0.2, -0.15) is 10.2 Å². The maximum absolute atomic E-state index is 11.9. The van der Waals surface area contributed by atoms with Gasteiger partial charge in [-0.05, 0) is 13.0 Å². The highest BCUT2D eigenvalue weighted by Gasteiger charge is 2.03. The molecule has 2 aromatic heterocycles. The van der Waals surface area contributed by atoms with Crippen LogP contribution in [0.15, 0.2) is 29.3 Å². The number of hydrogen-bond acceptors (Lipinski definition) is 5. The maximum Gasteiger partial charge on any atom is 0.268 e. The predicted molar refractivity (Wildman–Crippen MR) is 74.1 cm³/mol. The summed E-state index contributed by atoms with van der Waals surface area (Å²) < 4.78 is 3.11. The van der Waals surface area contributed by atoms with Gasteiger partial charge in [-0.25, -0.2) is 4.68 Å². The molecule has 0 aliphatic carbocycles. The molecule has 0 atom stereocenters. The molecule has 7 nitrogen and oxygen atoms in total. The van der Waals surface area contributed by atoms with E-state index in [1.807, 2.05) is 18.9 Å². The quantitative estimate of drug-likeness (QED) is 0.831. The molecular weight excluding hydrogens is 244 g/mol. The van der Waals surface area contributed by atoms with E-state index in [9.17, 15) is 4.79 Å². The monoisotopic (exact) mass is 262 g/mol. The zero-order valence-electron chi connectivity index (χ0n) is 11.2. The van der Waals surface area contributed by atoms with Crippen LogP contribution in [0.5, 0.6) is 0 Å². The standard InChI is InChI=1S/C12H18N6O/c1-3-16(2)10-8-12(19)18(14-9-10)7-6-17-5-4-11(13)15-17/h4-5,8-9H,3,6-7H2,1-2H3,(H2,13,15). The zero-order chi connectivity index (χ0) is 13.8. The van der Waals surface area contributed by atoms with Gasteiger partial charge < -0.3 is 10.6 Å². The van der Waals surface area contributed by atoms with Crippen LogP contribution in [0, 0.1) is 0 Å². The molecule has 0 unspecified atom stereocenters. The number of nitrogens with two attached hydrogens (primary N) is 1. The van der Waals surface area contributed by atoms with Crippen LogP contribution in [-0.2, 0) is 13.1 Å². The Morgan fingerprint density at radius 3 is 2.79 bits per heavy atom. The summed E-state index contributed by atoms with van der Waals surface area (Å²) in [4.78, 5) is 13.9. The zero-order valence-corrected chi connectivity index (χ0v) is 11.2. The van der Waals surface area contributed by atoms with Crippen molar-refractivity contribution in [2.45, 2.75) is 20.0 Å². The Hall–Kier alpha value is -2.31. The molecule has 2 rings (SSSR count). The highest BCUT2D eigenvalue weighted by atomic mass is 16.1. The summed E-state index contributed by atoms with van der Waals surface area (Å²) in [6, 6.07) is 3.31. The van der Waals surface area contributed by atoms with Crippen molar-refractivity contribution in [2.75, 3.05) is 24.2 Å². The van der Waals surface area contributed by atoms with Crippen molar-refractivity contribution >= 4 is 11.5 Å². The number of anilines is 2. The van der Waals surface area contributed by atoms with Crippen molar-refractivity contribution in [3.63, 3.8) is 0 Å².